The SMILES string of the molecule is C.CC[C@H]1OC(=O)[C@H](C)C(=O)[C@H](C)[C@@H](O)[C@@](C)(OC)C[C@@H](C)C(=O)[C@H](C)[C@H]2N(CCCCN=[N+]=[N-])C(=O)O[C@]12C.CC[C@H]1OC(=O)[C@H](C)[C@H](O)[C@H](C)[C@@H](OC2OC(C)CC(N(C)C)C2O)[C@@](C)(OC)C[C@@H](C)C(=O)[C@H](C)[C@H]2N(CCCCN=[N+]=[N-])C(=O)O[C@]12C.CO.O=C(Cl)C(=O)Cl. The molecule has 5 aliphatic rings. The molecule has 0 aromatic heterocycles. The molecule has 0 spiro atoms. The Morgan fingerprint density at radius 3 is 1.42 bits per heavy atom. The van der Waals surface area contributed by atoms with Crippen molar-refractivity contribution in [2.75, 3.05) is 61.6 Å². The van der Waals surface area contributed by atoms with Crippen molar-refractivity contribution in [1.82, 2.24) is 14.7 Å². The lowest BCUT2D eigenvalue weighted by atomic mass is 9.73. The van der Waals surface area contributed by atoms with Gasteiger partial charge in [0.05, 0.1) is 53.6 Å². The van der Waals surface area contributed by atoms with Crippen LogP contribution in [0.2, 0.25) is 0 Å². The van der Waals surface area contributed by atoms with E-state index in [0.29, 0.717) is 32.1 Å². The fraction of sp³-hybridized carbons (Fsp3) is 0.864. The number of halogens is 2. The summed E-state index contributed by atoms with van der Waals surface area (Å²) in [6.07, 6.45) is -5.52. The molecule has 32 heteroatoms. The molecule has 562 valence electrons. The number of unbranched alkanes of at least 4 members (excludes halogenated alkanes) is 2. The Labute approximate surface area is 587 Å². The monoisotopic (exact) mass is 1440 g/mol. The molecule has 0 aromatic carbocycles. The van der Waals surface area contributed by atoms with Gasteiger partial charge < -0.3 is 73.0 Å². The molecule has 2 amide bonds. The largest absolute Gasteiger partial charge is 0.458 e. The topological polar surface area (TPSA) is 416 Å². The number of nitrogens with zero attached hydrogens (tertiary/aromatic N) is 9. The van der Waals surface area contributed by atoms with Crippen molar-refractivity contribution in [3.8, 4) is 0 Å². The van der Waals surface area contributed by atoms with Gasteiger partial charge in [-0.05, 0) is 155 Å². The number of aliphatic hydroxyl groups excluding tert-OH is 4. The Balaban J connectivity index is 0.000000895. The lowest BCUT2D eigenvalue weighted by Gasteiger charge is -2.48. The molecule has 23 atom stereocenters. The maximum absolute atomic E-state index is 14.5. The van der Waals surface area contributed by atoms with Crippen LogP contribution in [-0.4, -0.2) is 238 Å². The van der Waals surface area contributed by atoms with E-state index in [-0.39, 0.29) is 83.0 Å². The molecule has 4 unspecified atom stereocenters. The fourth-order valence-corrected chi connectivity index (χ4v) is 14.5. The highest BCUT2D eigenvalue weighted by atomic mass is 35.5. The first-order chi connectivity index (χ1) is 45.2. The van der Waals surface area contributed by atoms with Gasteiger partial charge in [-0.15, -0.1) is 0 Å². The number of azide groups is 2. The quantitative estimate of drug-likeness (QED) is 0.0115. The molecule has 0 saturated carbocycles. The van der Waals surface area contributed by atoms with Crippen LogP contribution in [0.5, 0.6) is 0 Å². The zero-order valence-corrected chi connectivity index (χ0v) is 61.7. The molecule has 0 bridgehead atoms. The highest BCUT2D eigenvalue weighted by molar-refractivity contribution is 6.97. The number of methoxy groups -OCH3 is 2. The van der Waals surface area contributed by atoms with Gasteiger partial charge in [0, 0.05) is 98.9 Å². The summed E-state index contributed by atoms with van der Waals surface area (Å²) in [4.78, 5) is 125. The number of hydrogen-bond acceptors (Lipinski definition) is 24. The molecule has 30 nitrogen and oxygen atoms in total. The van der Waals surface area contributed by atoms with E-state index < -0.39 is 165 Å². The molecule has 4 N–H and O–H groups in total. The van der Waals surface area contributed by atoms with Crippen molar-refractivity contribution in [2.45, 2.75) is 259 Å². The minimum atomic E-state index is -1.38. The van der Waals surface area contributed by atoms with Gasteiger partial charge in [0.25, 0.3) is 0 Å². The maximum Gasteiger partial charge on any atom is 0.410 e. The summed E-state index contributed by atoms with van der Waals surface area (Å²) in [7, 11) is 7.66. The van der Waals surface area contributed by atoms with Crippen molar-refractivity contribution in [3.63, 3.8) is 0 Å². The molecule has 5 heterocycles. The van der Waals surface area contributed by atoms with Gasteiger partial charge in [0.1, 0.15) is 35.8 Å². The maximum atomic E-state index is 14.5. The summed E-state index contributed by atoms with van der Waals surface area (Å²) in [6.45, 7) is 26.6. The summed E-state index contributed by atoms with van der Waals surface area (Å²) in [5.41, 5.74) is 12.0. The minimum Gasteiger partial charge on any atom is -0.458 e. The smallest absolute Gasteiger partial charge is 0.410 e. The molecular formula is C66H113Cl2N9O21. The Kier molecular flexibility index (Phi) is 37.3. The molecule has 0 radical (unpaired) electrons. The second-order valence-corrected chi connectivity index (χ2v) is 27.9. The van der Waals surface area contributed by atoms with Crippen molar-refractivity contribution in [3.05, 3.63) is 20.9 Å². The molecule has 5 rings (SSSR count). The van der Waals surface area contributed by atoms with Crippen LogP contribution >= 0.6 is 23.2 Å². The van der Waals surface area contributed by atoms with Crippen molar-refractivity contribution in [1.29, 1.82) is 0 Å². The molecular weight excluding hydrogens is 1330 g/mol. The number of esters is 2. The molecule has 5 aliphatic heterocycles. The number of carbonyl (C=O) groups excluding carboxylic acids is 9. The van der Waals surface area contributed by atoms with Crippen molar-refractivity contribution in [2.24, 2.45) is 57.6 Å². The normalized spacial score (nSPS) is 37.2. The van der Waals surface area contributed by atoms with Crippen LogP contribution in [0.15, 0.2) is 10.2 Å². The van der Waals surface area contributed by atoms with Gasteiger partial charge in [-0.1, -0.05) is 73.0 Å². The highest BCUT2D eigenvalue weighted by Crippen LogP contribution is 2.46. The zero-order valence-electron chi connectivity index (χ0n) is 60.2. The van der Waals surface area contributed by atoms with Crippen molar-refractivity contribution >= 4 is 75.2 Å². The third kappa shape index (κ3) is 21.8. The number of amides is 2. The predicted molar refractivity (Wildman–Crippen MR) is 362 cm³/mol. The number of hydrogen-bond donors (Lipinski definition) is 4. The summed E-state index contributed by atoms with van der Waals surface area (Å²) in [5.74, 6) is -8.97. The first-order valence-electron chi connectivity index (χ1n) is 33.2. The van der Waals surface area contributed by atoms with Crippen LogP contribution in [0, 0.1) is 47.3 Å². The van der Waals surface area contributed by atoms with Crippen LogP contribution in [0.1, 0.15) is 169 Å². The first-order valence-corrected chi connectivity index (χ1v) is 34.0. The van der Waals surface area contributed by atoms with Gasteiger partial charge >= 0.3 is 34.6 Å². The molecule has 98 heavy (non-hydrogen) atoms. The van der Waals surface area contributed by atoms with E-state index in [0.717, 1.165) is 7.11 Å². The van der Waals surface area contributed by atoms with Gasteiger partial charge in [0.15, 0.2) is 23.3 Å². The van der Waals surface area contributed by atoms with E-state index in [1.807, 2.05) is 32.8 Å². The Hall–Kier alpha value is -5.33. The summed E-state index contributed by atoms with van der Waals surface area (Å²) in [6, 6.07) is -1.82. The van der Waals surface area contributed by atoms with E-state index in [2.05, 4.69) is 43.3 Å². The highest BCUT2D eigenvalue weighted by Gasteiger charge is 2.62. The lowest BCUT2D eigenvalue weighted by molar-refractivity contribution is -0.301. The van der Waals surface area contributed by atoms with Gasteiger partial charge in [-0.25, -0.2) is 9.59 Å². The van der Waals surface area contributed by atoms with Gasteiger partial charge in [-0.3, -0.25) is 33.6 Å². The Bertz CT molecular complexity index is 2770. The molecule has 0 aromatic rings. The zero-order chi connectivity index (χ0) is 74.6. The number of ether oxygens (including phenoxy) is 8. The van der Waals surface area contributed by atoms with Crippen LogP contribution in [0.3, 0.4) is 0 Å². The van der Waals surface area contributed by atoms with Crippen molar-refractivity contribution < 1.29 is 101 Å². The summed E-state index contributed by atoms with van der Waals surface area (Å²) < 4.78 is 48.4. The molecule has 0 aliphatic carbocycles. The second-order valence-electron chi connectivity index (χ2n) is 27.2. The van der Waals surface area contributed by atoms with Crippen LogP contribution in [0.4, 0.5) is 9.59 Å². The van der Waals surface area contributed by atoms with E-state index in [1.54, 1.807) is 76.2 Å². The standard InChI is InChI=1S/C35H61N5O10.C27H44N4O8.C2Cl2O2.CH4O.CH4/c1-12-25-35(8)29(40(33(45)50-35)16-14-13-15-37-38-36)21(4)26(41)19(2)18-34(7,46-11)30(22(5)27(42)23(6)31(44)48-25)49-32-28(43)24(39(9)10)17-20(3)47-32;1-9-19-27(7)22(31(25(36)39-27)13-11-10-12-29-30-28)16(3)20(32)15(2)14-26(6,37-8)23(34)17(4)21(33)18(5)24(35)38-19;3-1(5)2(4)6;1-2;/h19-25,27-30,32,42-43H,12-18H2,1-11H3;15-19,22-23,34H,9-14H2,1-8H3;;2H,1H3;1H4/t19-,20?,21+,22+,23-,24?,25-,27-,28?,29-,30-,32?,34+,35-;15-,16+,17+,18-,19-,22-,23-,26+,27-;;;/m11.../s1. The summed E-state index contributed by atoms with van der Waals surface area (Å²) in [5, 5.41) is 46.1. The number of ketones is 3. The van der Waals surface area contributed by atoms with E-state index in [4.69, 9.17) is 54.1 Å². The number of rotatable bonds is 18. The summed E-state index contributed by atoms with van der Waals surface area (Å²) >= 11 is 8.98. The van der Waals surface area contributed by atoms with E-state index in [1.165, 1.54) is 37.9 Å². The minimum absolute atomic E-state index is 0. The molecule has 5 fully saturated rings. The van der Waals surface area contributed by atoms with E-state index >= 15 is 0 Å². The van der Waals surface area contributed by atoms with Gasteiger partial charge in [-0.2, -0.15) is 0 Å². The number of likely N-dealkylation sites (N-methyl/N-ethyl adjacent to an activating group) is 1. The fourth-order valence-electron chi connectivity index (χ4n) is 14.5. The first kappa shape index (κ1) is 90.7. The third-order valence-electron chi connectivity index (χ3n) is 20.1. The third-order valence-corrected chi connectivity index (χ3v) is 20.6. The van der Waals surface area contributed by atoms with Gasteiger partial charge in [0.2, 0.25) is 0 Å². The number of cyclic esters (lactones) is 2. The predicted octanol–water partition coefficient (Wildman–Crippen LogP) is 8.66. The van der Waals surface area contributed by atoms with Crippen LogP contribution < -0.4 is 0 Å². The Morgan fingerprint density at radius 2 is 1.04 bits per heavy atom. The molecule has 5 saturated heterocycles. The number of aliphatic hydroxyl groups is 4. The number of Topliss-reactive ketones (excluding diaryl/α,β-unsaturated/α-hetero) is 3. The van der Waals surface area contributed by atoms with E-state index in [9.17, 15) is 58.5 Å². The Morgan fingerprint density at radius 1 is 0.633 bits per heavy atom. The second kappa shape index (κ2) is 40.3. The lowest BCUT2D eigenvalue weighted by Crippen LogP contribution is -2.60. The average Bonchev–Trinajstić information content (AvgIpc) is 1.57. The van der Waals surface area contributed by atoms with Crippen LogP contribution in [0.25, 0.3) is 20.9 Å². The van der Waals surface area contributed by atoms with Crippen LogP contribution in [-0.2, 0) is 71.5 Å². The number of carbonyl (C=O) groups is 9. The average molecular weight is 1440 g/mol. The number of fused-ring (bicyclic) bond motifs is 2.